The standard InChI is InChI=1S/C19H22N2O4/c1-12-6-5-7-16(13(12)2)25-11-18(22)21-15-9-8-14(19(23)20-3)10-17(15)24-4/h5-10H,11H2,1-4H3,(H,20,23)(H,21,22). The second kappa shape index (κ2) is 8.19. The van der Waals surface area contributed by atoms with Crippen molar-refractivity contribution >= 4 is 17.5 Å². The van der Waals surface area contributed by atoms with Gasteiger partial charge in [0.15, 0.2) is 6.61 Å². The summed E-state index contributed by atoms with van der Waals surface area (Å²) in [6.45, 7) is 3.81. The molecule has 132 valence electrons. The lowest BCUT2D eigenvalue weighted by Gasteiger charge is -2.13. The van der Waals surface area contributed by atoms with Crippen LogP contribution in [-0.2, 0) is 4.79 Å². The molecule has 2 aromatic rings. The lowest BCUT2D eigenvalue weighted by Crippen LogP contribution is -2.21. The summed E-state index contributed by atoms with van der Waals surface area (Å²) in [5.41, 5.74) is 3.03. The van der Waals surface area contributed by atoms with Gasteiger partial charge in [0, 0.05) is 12.6 Å². The van der Waals surface area contributed by atoms with Gasteiger partial charge in [0.25, 0.3) is 11.8 Å². The van der Waals surface area contributed by atoms with E-state index in [4.69, 9.17) is 9.47 Å². The third-order valence-corrected chi connectivity index (χ3v) is 3.88. The molecule has 6 heteroatoms. The minimum atomic E-state index is -0.313. The highest BCUT2D eigenvalue weighted by molar-refractivity contribution is 5.97. The number of rotatable bonds is 6. The van der Waals surface area contributed by atoms with Crippen LogP contribution in [0.15, 0.2) is 36.4 Å². The number of hydrogen-bond acceptors (Lipinski definition) is 4. The molecule has 0 aliphatic rings. The van der Waals surface area contributed by atoms with Crippen LogP contribution in [0, 0.1) is 13.8 Å². The molecule has 0 spiro atoms. The summed E-state index contributed by atoms with van der Waals surface area (Å²) in [4.78, 5) is 23.8. The maximum Gasteiger partial charge on any atom is 0.262 e. The minimum absolute atomic E-state index is 0.120. The SMILES string of the molecule is CNC(=O)c1ccc(NC(=O)COc2cccc(C)c2C)c(OC)c1. The van der Waals surface area contributed by atoms with Crippen molar-refractivity contribution in [3.8, 4) is 11.5 Å². The molecule has 0 radical (unpaired) electrons. The van der Waals surface area contributed by atoms with Crippen molar-refractivity contribution < 1.29 is 19.1 Å². The van der Waals surface area contributed by atoms with Gasteiger partial charge in [-0.25, -0.2) is 0 Å². The van der Waals surface area contributed by atoms with Crippen molar-refractivity contribution in [2.75, 3.05) is 26.1 Å². The van der Waals surface area contributed by atoms with Crippen LogP contribution in [-0.4, -0.2) is 32.6 Å². The summed E-state index contributed by atoms with van der Waals surface area (Å²) in [6.07, 6.45) is 0. The van der Waals surface area contributed by atoms with Gasteiger partial charge in [0.05, 0.1) is 12.8 Å². The summed E-state index contributed by atoms with van der Waals surface area (Å²) in [6, 6.07) is 10.5. The van der Waals surface area contributed by atoms with Crippen LogP contribution in [0.2, 0.25) is 0 Å². The third-order valence-electron chi connectivity index (χ3n) is 3.88. The Morgan fingerprint density at radius 3 is 2.52 bits per heavy atom. The van der Waals surface area contributed by atoms with Crippen molar-refractivity contribution in [2.45, 2.75) is 13.8 Å². The van der Waals surface area contributed by atoms with Gasteiger partial charge >= 0.3 is 0 Å². The number of ether oxygens (including phenoxy) is 2. The molecule has 0 saturated heterocycles. The zero-order chi connectivity index (χ0) is 18.4. The Morgan fingerprint density at radius 1 is 1.08 bits per heavy atom. The van der Waals surface area contributed by atoms with E-state index in [1.807, 2.05) is 32.0 Å². The van der Waals surface area contributed by atoms with Gasteiger partial charge in [0.1, 0.15) is 11.5 Å². The predicted molar refractivity (Wildman–Crippen MR) is 96.4 cm³/mol. The third kappa shape index (κ3) is 4.50. The molecule has 2 amide bonds. The summed E-state index contributed by atoms with van der Waals surface area (Å²) in [5.74, 6) is 0.541. The first-order chi connectivity index (χ1) is 12.0. The molecule has 0 saturated carbocycles. The van der Waals surface area contributed by atoms with E-state index in [1.165, 1.54) is 7.11 Å². The van der Waals surface area contributed by atoms with Crippen LogP contribution in [0.4, 0.5) is 5.69 Å². The number of methoxy groups -OCH3 is 1. The zero-order valence-corrected chi connectivity index (χ0v) is 14.8. The quantitative estimate of drug-likeness (QED) is 0.846. The molecule has 2 rings (SSSR count). The largest absolute Gasteiger partial charge is 0.495 e. The first-order valence-electron chi connectivity index (χ1n) is 7.85. The van der Waals surface area contributed by atoms with E-state index in [-0.39, 0.29) is 18.4 Å². The Morgan fingerprint density at radius 2 is 1.84 bits per heavy atom. The van der Waals surface area contributed by atoms with Gasteiger partial charge in [-0.2, -0.15) is 0 Å². The fourth-order valence-electron chi connectivity index (χ4n) is 2.29. The number of nitrogens with one attached hydrogen (secondary N) is 2. The van der Waals surface area contributed by atoms with Crippen LogP contribution in [0.5, 0.6) is 11.5 Å². The summed E-state index contributed by atoms with van der Waals surface area (Å²) >= 11 is 0. The van der Waals surface area contributed by atoms with Gasteiger partial charge in [-0.05, 0) is 49.2 Å². The van der Waals surface area contributed by atoms with Gasteiger partial charge in [0.2, 0.25) is 0 Å². The second-order valence-corrected chi connectivity index (χ2v) is 5.53. The van der Waals surface area contributed by atoms with E-state index in [9.17, 15) is 9.59 Å². The number of carbonyl (C=O) groups excluding carboxylic acids is 2. The molecule has 6 nitrogen and oxygen atoms in total. The van der Waals surface area contributed by atoms with Crippen LogP contribution < -0.4 is 20.1 Å². The summed E-state index contributed by atoms with van der Waals surface area (Å²) in [5, 5.41) is 5.27. The molecule has 2 N–H and O–H groups in total. The fourth-order valence-corrected chi connectivity index (χ4v) is 2.29. The van der Waals surface area contributed by atoms with Gasteiger partial charge in [-0.15, -0.1) is 0 Å². The van der Waals surface area contributed by atoms with Crippen molar-refractivity contribution in [1.29, 1.82) is 0 Å². The minimum Gasteiger partial charge on any atom is -0.495 e. The maximum absolute atomic E-state index is 12.2. The highest BCUT2D eigenvalue weighted by Crippen LogP contribution is 2.26. The summed E-state index contributed by atoms with van der Waals surface area (Å²) < 4.78 is 10.8. The molecule has 0 unspecified atom stereocenters. The Balaban J connectivity index is 2.05. The van der Waals surface area contributed by atoms with E-state index < -0.39 is 0 Å². The van der Waals surface area contributed by atoms with E-state index in [2.05, 4.69) is 10.6 Å². The van der Waals surface area contributed by atoms with Crippen LogP contribution >= 0.6 is 0 Å². The molecule has 2 aromatic carbocycles. The van der Waals surface area contributed by atoms with Crippen LogP contribution in [0.3, 0.4) is 0 Å². The predicted octanol–water partition coefficient (Wildman–Crippen LogP) is 2.69. The molecule has 0 atom stereocenters. The van der Waals surface area contributed by atoms with E-state index in [0.29, 0.717) is 22.7 Å². The van der Waals surface area contributed by atoms with E-state index >= 15 is 0 Å². The molecule has 0 heterocycles. The highest BCUT2D eigenvalue weighted by atomic mass is 16.5. The Labute approximate surface area is 147 Å². The molecule has 0 aliphatic heterocycles. The highest BCUT2D eigenvalue weighted by Gasteiger charge is 2.12. The van der Waals surface area contributed by atoms with Crippen molar-refractivity contribution in [2.24, 2.45) is 0 Å². The molecule has 0 aromatic heterocycles. The van der Waals surface area contributed by atoms with Gasteiger partial charge in [-0.1, -0.05) is 12.1 Å². The van der Waals surface area contributed by atoms with Gasteiger partial charge in [-0.3, -0.25) is 9.59 Å². The van der Waals surface area contributed by atoms with Crippen molar-refractivity contribution in [3.05, 3.63) is 53.1 Å². The van der Waals surface area contributed by atoms with E-state index in [1.54, 1.807) is 25.2 Å². The fraction of sp³-hybridized carbons (Fsp3) is 0.263. The average Bonchev–Trinajstić information content (AvgIpc) is 2.62. The molecule has 0 bridgehead atoms. The Bertz CT molecular complexity index is 787. The molecule has 0 fully saturated rings. The monoisotopic (exact) mass is 342 g/mol. The Kier molecular flexibility index (Phi) is 6.00. The van der Waals surface area contributed by atoms with Crippen LogP contribution in [0.25, 0.3) is 0 Å². The number of carbonyl (C=O) groups is 2. The second-order valence-electron chi connectivity index (χ2n) is 5.53. The first kappa shape index (κ1) is 18.3. The number of benzene rings is 2. The topological polar surface area (TPSA) is 76.7 Å². The molecular weight excluding hydrogens is 320 g/mol. The normalized spacial score (nSPS) is 10.1. The first-order valence-corrected chi connectivity index (χ1v) is 7.85. The van der Waals surface area contributed by atoms with Crippen LogP contribution in [0.1, 0.15) is 21.5 Å². The lowest BCUT2D eigenvalue weighted by atomic mass is 10.1. The molecule has 0 aliphatic carbocycles. The molecule has 25 heavy (non-hydrogen) atoms. The summed E-state index contributed by atoms with van der Waals surface area (Å²) in [7, 11) is 3.03. The number of hydrogen-bond donors (Lipinski definition) is 2. The Hall–Kier alpha value is -3.02. The number of amides is 2. The smallest absolute Gasteiger partial charge is 0.262 e. The zero-order valence-electron chi connectivity index (χ0n) is 14.8. The van der Waals surface area contributed by atoms with E-state index in [0.717, 1.165) is 11.1 Å². The lowest BCUT2D eigenvalue weighted by molar-refractivity contribution is -0.118. The molecular formula is C19H22N2O4. The van der Waals surface area contributed by atoms with Gasteiger partial charge < -0.3 is 20.1 Å². The maximum atomic E-state index is 12.2. The number of aryl methyl sites for hydroxylation is 1. The van der Waals surface area contributed by atoms with Crippen molar-refractivity contribution in [3.63, 3.8) is 0 Å². The van der Waals surface area contributed by atoms with Crippen molar-refractivity contribution in [1.82, 2.24) is 5.32 Å². The number of anilines is 1. The average molecular weight is 342 g/mol.